The van der Waals surface area contributed by atoms with E-state index in [1.54, 1.807) is 6.07 Å². The summed E-state index contributed by atoms with van der Waals surface area (Å²) in [4.78, 5) is 0. The van der Waals surface area contributed by atoms with E-state index in [1.807, 2.05) is 26.0 Å². The van der Waals surface area contributed by atoms with Gasteiger partial charge in [0.1, 0.15) is 18.2 Å². The van der Waals surface area contributed by atoms with Gasteiger partial charge in [-0.2, -0.15) is 0 Å². The topological polar surface area (TPSA) is 9.23 Å². The first-order valence-electron chi connectivity index (χ1n) is 6.13. The zero-order valence-electron chi connectivity index (χ0n) is 11.0. The molecule has 100 valence electrons. The molecule has 0 radical (unpaired) electrons. The van der Waals surface area contributed by atoms with Crippen molar-refractivity contribution in [2.24, 2.45) is 0 Å². The summed E-state index contributed by atoms with van der Waals surface area (Å²) in [6.07, 6.45) is 0. The van der Waals surface area contributed by atoms with Crippen molar-refractivity contribution < 1.29 is 9.13 Å². The zero-order valence-corrected chi connectivity index (χ0v) is 12.6. The maximum absolute atomic E-state index is 13.2. The van der Waals surface area contributed by atoms with Crippen LogP contribution in [0, 0.1) is 19.7 Å². The van der Waals surface area contributed by atoms with Gasteiger partial charge in [0.2, 0.25) is 0 Å². The molecule has 0 amide bonds. The molecule has 0 unspecified atom stereocenters. The largest absolute Gasteiger partial charge is 0.489 e. The van der Waals surface area contributed by atoms with E-state index in [-0.39, 0.29) is 5.82 Å². The summed E-state index contributed by atoms with van der Waals surface area (Å²) in [5, 5.41) is 0.742. The predicted octanol–water partition coefficient (Wildman–Crippen LogP) is 4.92. The molecule has 2 aromatic carbocycles. The van der Waals surface area contributed by atoms with Gasteiger partial charge in [0.25, 0.3) is 0 Å². The molecule has 0 bridgehead atoms. The monoisotopic (exact) mass is 322 g/mol. The van der Waals surface area contributed by atoms with Gasteiger partial charge in [0.05, 0.1) is 0 Å². The van der Waals surface area contributed by atoms with Crippen LogP contribution < -0.4 is 4.74 Å². The van der Waals surface area contributed by atoms with Crippen LogP contribution in [0.1, 0.15) is 22.3 Å². The van der Waals surface area contributed by atoms with E-state index >= 15 is 0 Å². The minimum atomic E-state index is -0.228. The number of halogens is 2. The number of hydrogen-bond donors (Lipinski definition) is 0. The molecule has 0 aliphatic rings. The van der Waals surface area contributed by atoms with Crippen molar-refractivity contribution in [3.63, 3.8) is 0 Å². The molecule has 0 atom stereocenters. The van der Waals surface area contributed by atoms with Crippen molar-refractivity contribution >= 4 is 15.9 Å². The Morgan fingerprint density at radius 3 is 2.58 bits per heavy atom. The Morgan fingerprint density at radius 2 is 1.84 bits per heavy atom. The highest BCUT2D eigenvalue weighted by molar-refractivity contribution is 9.08. The average molecular weight is 323 g/mol. The molecule has 0 fully saturated rings. The number of ether oxygens (including phenoxy) is 1. The molecule has 2 rings (SSSR count). The van der Waals surface area contributed by atoms with Crippen LogP contribution in [0.3, 0.4) is 0 Å². The molecule has 0 spiro atoms. The van der Waals surface area contributed by atoms with Crippen LogP contribution >= 0.6 is 15.9 Å². The molecule has 0 heterocycles. The molecular formula is C16H16BrFO. The molecule has 0 saturated heterocycles. The fraction of sp³-hybridized carbons (Fsp3) is 0.250. The fourth-order valence-corrected chi connectivity index (χ4v) is 2.34. The number of rotatable bonds is 4. The van der Waals surface area contributed by atoms with Crippen molar-refractivity contribution in [1.29, 1.82) is 0 Å². The molecule has 2 aromatic rings. The third-order valence-corrected chi connectivity index (χ3v) is 3.66. The van der Waals surface area contributed by atoms with E-state index in [2.05, 4.69) is 22.0 Å². The van der Waals surface area contributed by atoms with E-state index in [0.29, 0.717) is 6.61 Å². The van der Waals surface area contributed by atoms with Crippen LogP contribution in [-0.4, -0.2) is 0 Å². The molecule has 0 aliphatic heterocycles. The third-order valence-electron chi connectivity index (χ3n) is 3.05. The summed E-state index contributed by atoms with van der Waals surface area (Å²) in [6.45, 7) is 4.39. The summed E-state index contributed by atoms with van der Waals surface area (Å²) in [5.41, 5.74) is 4.22. The molecule has 0 aromatic heterocycles. The quantitative estimate of drug-likeness (QED) is 0.726. The number of hydrogen-bond acceptors (Lipinski definition) is 1. The first-order chi connectivity index (χ1) is 9.10. The number of alkyl halides is 1. The van der Waals surface area contributed by atoms with Crippen LogP contribution in [0.25, 0.3) is 0 Å². The fourth-order valence-electron chi connectivity index (χ4n) is 1.90. The second kappa shape index (κ2) is 6.20. The Morgan fingerprint density at radius 1 is 1.05 bits per heavy atom. The van der Waals surface area contributed by atoms with E-state index < -0.39 is 0 Å². The van der Waals surface area contributed by atoms with Gasteiger partial charge in [-0.05, 0) is 43.2 Å². The van der Waals surface area contributed by atoms with Gasteiger partial charge in [-0.1, -0.05) is 39.7 Å². The zero-order chi connectivity index (χ0) is 13.8. The molecule has 0 N–H and O–H groups in total. The lowest BCUT2D eigenvalue weighted by atomic mass is 10.1. The molecule has 0 saturated carbocycles. The van der Waals surface area contributed by atoms with Gasteiger partial charge in [-0.3, -0.25) is 0 Å². The second-order valence-electron chi connectivity index (χ2n) is 4.60. The third kappa shape index (κ3) is 3.57. The van der Waals surface area contributed by atoms with Crippen LogP contribution in [0.5, 0.6) is 5.75 Å². The van der Waals surface area contributed by atoms with Crippen molar-refractivity contribution in [3.8, 4) is 5.75 Å². The van der Waals surface area contributed by atoms with Gasteiger partial charge in [-0.15, -0.1) is 0 Å². The van der Waals surface area contributed by atoms with Crippen LogP contribution in [-0.2, 0) is 11.9 Å². The highest BCUT2D eigenvalue weighted by atomic mass is 79.9. The van der Waals surface area contributed by atoms with Crippen LogP contribution in [0.2, 0.25) is 0 Å². The number of benzene rings is 2. The van der Waals surface area contributed by atoms with E-state index in [1.165, 1.54) is 17.7 Å². The van der Waals surface area contributed by atoms with Gasteiger partial charge in [0.15, 0.2) is 0 Å². The maximum atomic E-state index is 13.2. The van der Waals surface area contributed by atoms with Crippen LogP contribution in [0.15, 0.2) is 36.4 Å². The van der Waals surface area contributed by atoms with Gasteiger partial charge in [0, 0.05) is 10.9 Å². The van der Waals surface area contributed by atoms with Gasteiger partial charge >= 0.3 is 0 Å². The Labute approximate surface area is 121 Å². The summed E-state index contributed by atoms with van der Waals surface area (Å²) >= 11 is 3.45. The lowest BCUT2D eigenvalue weighted by molar-refractivity contribution is 0.302. The Kier molecular flexibility index (Phi) is 4.59. The minimum Gasteiger partial charge on any atom is -0.489 e. The van der Waals surface area contributed by atoms with Gasteiger partial charge < -0.3 is 4.74 Å². The highest BCUT2D eigenvalue weighted by Crippen LogP contribution is 2.24. The average Bonchev–Trinajstić information content (AvgIpc) is 2.40. The lowest BCUT2D eigenvalue weighted by Gasteiger charge is -2.12. The summed E-state index contributed by atoms with van der Waals surface area (Å²) in [7, 11) is 0. The first kappa shape index (κ1) is 14.1. The minimum absolute atomic E-state index is 0.228. The van der Waals surface area contributed by atoms with Crippen molar-refractivity contribution in [2.45, 2.75) is 25.8 Å². The summed E-state index contributed by atoms with van der Waals surface area (Å²) in [6, 6.07) is 10.8. The standard InChI is InChI=1S/C16H16BrFO/c1-11-3-6-16(13(7-11)9-17)19-10-14-8-15(18)5-4-12(14)2/h3-8H,9-10H2,1-2H3. The highest BCUT2D eigenvalue weighted by Gasteiger charge is 2.05. The second-order valence-corrected chi connectivity index (χ2v) is 5.17. The molecule has 3 heteroatoms. The van der Waals surface area contributed by atoms with Gasteiger partial charge in [-0.25, -0.2) is 4.39 Å². The van der Waals surface area contributed by atoms with E-state index in [9.17, 15) is 4.39 Å². The molecule has 0 aliphatic carbocycles. The van der Waals surface area contributed by atoms with Crippen LogP contribution in [0.4, 0.5) is 4.39 Å². The Hall–Kier alpha value is -1.35. The SMILES string of the molecule is Cc1ccc(OCc2cc(F)ccc2C)c(CBr)c1. The Balaban J connectivity index is 2.16. The normalized spacial score (nSPS) is 10.5. The lowest BCUT2D eigenvalue weighted by Crippen LogP contribution is -2.00. The van der Waals surface area contributed by atoms with E-state index in [4.69, 9.17) is 4.74 Å². The van der Waals surface area contributed by atoms with E-state index in [0.717, 1.165) is 27.8 Å². The predicted molar refractivity (Wildman–Crippen MR) is 79.3 cm³/mol. The van der Waals surface area contributed by atoms with Crippen molar-refractivity contribution in [3.05, 3.63) is 64.5 Å². The first-order valence-corrected chi connectivity index (χ1v) is 7.25. The van der Waals surface area contributed by atoms with Crippen molar-refractivity contribution in [1.82, 2.24) is 0 Å². The molecule has 19 heavy (non-hydrogen) atoms. The Bertz CT molecular complexity index is 581. The molecule has 1 nitrogen and oxygen atoms in total. The summed E-state index contributed by atoms with van der Waals surface area (Å²) in [5.74, 6) is 0.611. The number of aryl methyl sites for hydroxylation is 2. The maximum Gasteiger partial charge on any atom is 0.123 e. The van der Waals surface area contributed by atoms with Crippen molar-refractivity contribution in [2.75, 3.05) is 0 Å². The molecular weight excluding hydrogens is 307 g/mol. The smallest absolute Gasteiger partial charge is 0.123 e. The summed E-state index contributed by atoms with van der Waals surface area (Å²) < 4.78 is 19.0.